The van der Waals surface area contributed by atoms with Crippen LogP contribution in [-0.4, -0.2) is 45.1 Å². The lowest BCUT2D eigenvalue weighted by Crippen LogP contribution is -2.32. The van der Waals surface area contributed by atoms with Crippen LogP contribution in [0.25, 0.3) is 0 Å². The first kappa shape index (κ1) is 24.3. The minimum atomic E-state index is -3.43. The Morgan fingerprint density at radius 2 is 1.72 bits per heavy atom. The van der Waals surface area contributed by atoms with Gasteiger partial charge in [0, 0.05) is 26.1 Å². The number of benzene rings is 2. The largest absolute Gasteiger partial charge is 0.352 e. The normalized spacial score (nSPS) is 14.5. The zero-order valence-electron chi connectivity index (χ0n) is 19.4. The van der Waals surface area contributed by atoms with Gasteiger partial charge in [0.1, 0.15) is 0 Å². The van der Waals surface area contributed by atoms with Gasteiger partial charge in [-0.3, -0.25) is 14.0 Å². The third kappa shape index (κ3) is 6.56. The summed E-state index contributed by atoms with van der Waals surface area (Å²) in [4.78, 5) is 14.9. The molecular weight excluding hydrogens is 422 g/mol. The van der Waals surface area contributed by atoms with E-state index in [4.69, 9.17) is 0 Å². The van der Waals surface area contributed by atoms with Gasteiger partial charge in [0.05, 0.1) is 11.9 Å². The van der Waals surface area contributed by atoms with E-state index in [1.807, 2.05) is 44.2 Å². The van der Waals surface area contributed by atoms with Gasteiger partial charge < -0.3 is 5.32 Å². The van der Waals surface area contributed by atoms with Crippen molar-refractivity contribution >= 4 is 21.6 Å². The second-order valence-electron chi connectivity index (χ2n) is 8.69. The van der Waals surface area contributed by atoms with Crippen LogP contribution in [0.4, 0.5) is 5.69 Å². The van der Waals surface area contributed by atoms with Crippen molar-refractivity contribution in [2.24, 2.45) is 0 Å². The number of sulfonamides is 1. The number of nitrogens with one attached hydrogen (secondary N) is 1. The van der Waals surface area contributed by atoms with Crippen molar-refractivity contribution in [1.82, 2.24) is 10.2 Å². The van der Waals surface area contributed by atoms with Crippen LogP contribution in [-0.2, 0) is 27.9 Å². The third-order valence-corrected chi connectivity index (χ3v) is 7.38. The standard InChI is InChI=1S/C25H35N3O3S/c1-20-10-8-13-24(21(20)2)28(32(3,30)31)17-9-14-25(29)26-18-22-11-4-5-12-23(22)19-27-15-6-7-16-27/h4-5,8,10-13H,6-7,9,14-19H2,1-3H3,(H,26,29). The van der Waals surface area contributed by atoms with E-state index in [1.165, 1.54) is 29.0 Å². The first-order valence-corrected chi connectivity index (χ1v) is 13.2. The van der Waals surface area contributed by atoms with Gasteiger partial charge in [0.2, 0.25) is 15.9 Å². The Morgan fingerprint density at radius 1 is 1.03 bits per heavy atom. The zero-order valence-corrected chi connectivity index (χ0v) is 20.2. The van der Waals surface area contributed by atoms with Gasteiger partial charge in [-0.1, -0.05) is 36.4 Å². The lowest BCUT2D eigenvalue weighted by molar-refractivity contribution is -0.121. The molecule has 1 heterocycles. The van der Waals surface area contributed by atoms with E-state index in [1.54, 1.807) is 0 Å². The number of amides is 1. The van der Waals surface area contributed by atoms with Crippen molar-refractivity contribution < 1.29 is 13.2 Å². The quantitative estimate of drug-likeness (QED) is 0.590. The molecule has 3 rings (SSSR count). The number of carbonyl (C=O) groups is 1. The van der Waals surface area contributed by atoms with Crippen LogP contribution in [0.1, 0.15) is 47.9 Å². The number of aryl methyl sites for hydroxylation is 1. The van der Waals surface area contributed by atoms with Gasteiger partial charge in [-0.05, 0) is 74.5 Å². The van der Waals surface area contributed by atoms with E-state index in [-0.39, 0.29) is 18.9 Å². The lowest BCUT2D eigenvalue weighted by atomic mass is 10.1. The summed E-state index contributed by atoms with van der Waals surface area (Å²) in [6.45, 7) is 7.86. The highest BCUT2D eigenvalue weighted by atomic mass is 32.2. The molecule has 2 aromatic rings. The van der Waals surface area contributed by atoms with Gasteiger partial charge in [0.15, 0.2) is 0 Å². The summed E-state index contributed by atoms with van der Waals surface area (Å²) >= 11 is 0. The van der Waals surface area contributed by atoms with Crippen LogP contribution < -0.4 is 9.62 Å². The van der Waals surface area contributed by atoms with Gasteiger partial charge in [0.25, 0.3) is 0 Å². The lowest BCUT2D eigenvalue weighted by Gasteiger charge is -2.25. The Hall–Kier alpha value is -2.38. The molecule has 1 N–H and O–H groups in total. The van der Waals surface area contributed by atoms with Crippen LogP contribution in [0, 0.1) is 13.8 Å². The summed E-state index contributed by atoms with van der Waals surface area (Å²) in [5, 5.41) is 3.01. The maximum absolute atomic E-state index is 12.5. The summed E-state index contributed by atoms with van der Waals surface area (Å²) in [5.41, 5.74) is 5.07. The second-order valence-corrected chi connectivity index (χ2v) is 10.6. The van der Waals surface area contributed by atoms with E-state index in [0.29, 0.717) is 18.7 Å². The van der Waals surface area contributed by atoms with E-state index >= 15 is 0 Å². The van der Waals surface area contributed by atoms with E-state index < -0.39 is 10.0 Å². The van der Waals surface area contributed by atoms with Crippen molar-refractivity contribution in [2.75, 3.05) is 30.2 Å². The zero-order chi connectivity index (χ0) is 23.1. The molecule has 1 aliphatic heterocycles. The third-order valence-electron chi connectivity index (χ3n) is 6.20. The molecule has 6 nitrogen and oxygen atoms in total. The monoisotopic (exact) mass is 457 g/mol. The molecule has 174 valence electrons. The fourth-order valence-corrected chi connectivity index (χ4v) is 5.22. The van der Waals surface area contributed by atoms with Crippen molar-refractivity contribution in [3.05, 3.63) is 64.7 Å². The average Bonchev–Trinajstić information content (AvgIpc) is 3.25. The predicted octanol–water partition coefficient (Wildman–Crippen LogP) is 3.76. The van der Waals surface area contributed by atoms with E-state index in [2.05, 4.69) is 22.3 Å². The van der Waals surface area contributed by atoms with Gasteiger partial charge in [-0.25, -0.2) is 8.42 Å². The number of nitrogens with zero attached hydrogens (tertiary/aromatic N) is 2. The Balaban J connectivity index is 1.54. The molecule has 1 fully saturated rings. The summed E-state index contributed by atoms with van der Waals surface area (Å²) in [7, 11) is -3.43. The topological polar surface area (TPSA) is 69.7 Å². The van der Waals surface area contributed by atoms with Crippen molar-refractivity contribution in [3.63, 3.8) is 0 Å². The SMILES string of the molecule is Cc1cccc(N(CCCC(=O)NCc2ccccc2CN2CCCC2)S(C)(=O)=O)c1C. The van der Waals surface area contributed by atoms with Crippen LogP contribution >= 0.6 is 0 Å². The van der Waals surface area contributed by atoms with Crippen molar-refractivity contribution in [1.29, 1.82) is 0 Å². The first-order chi connectivity index (χ1) is 15.3. The molecule has 1 aliphatic rings. The molecular formula is C25H35N3O3S. The van der Waals surface area contributed by atoms with Crippen molar-refractivity contribution in [3.8, 4) is 0 Å². The molecule has 0 atom stereocenters. The van der Waals surface area contributed by atoms with Crippen LogP contribution in [0.2, 0.25) is 0 Å². The molecule has 32 heavy (non-hydrogen) atoms. The first-order valence-electron chi connectivity index (χ1n) is 11.4. The number of hydrogen-bond donors (Lipinski definition) is 1. The Morgan fingerprint density at radius 3 is 2.41 bits per heavy atom. The Labute approximate surface area is 192 Å². The fraction of sp³-hybridized carbons (Fsp3) is 0.480. The molecule has 0 aliphatic carbocycles. The molecule has 1 saturated heterocycles. The van der Waals surface area contributed by atoms with E-state index in [0.717, 1.165) is 36.3 Å². The molecule has 0 spiro atoms. The number of anilines is 1. The van der Waals surface area contributed by atoms with Gasteiger partial charge >= 0.3 is 0 Å². The summed E-state index contributed by atoms with van der Waals surface area (Å²) in [6.07, 6.45) is 4.47. The summed E-state index contributed by atoms with van der Waals surface area (Å²) in [5.74, 6) is -0.0598. The van der Waals surface area contributed by atoms with Crippen LogP contribution in [0.5, 0.6) is 0 Å². The maximum atomic E-state index is 12.5. The average molecular weight is 458 g/mol. The maximum Gasteiger partial charge on any atom is 0.232 e. The number of carbonyl (C=O) groups excluding carboxylic acids is 1. The predicted molar refractivity (Wildman–Crippen MR) is 130 cm³/mol. The number of rotatable bonds is 10. The minimum Gasteiger partial charge on any atom is -0.352 e. The van der Waals surface area contributed by atoms with Gasteiger partial charge in [-0.2, -0.15) is 0 Å². The Bertz CT molecular complexity index is 1030. The highest BCUT2D eigenvalue weighted by Crippen LogP contribution is 2.25. The molecule has 0 saturated carbocycles. The highest BCUT2D eigenvalue weighted by Gasteiger charge is 2.20. The molecule has 7 heteroatoms. The molecule has 0 radical (unpaired) electrons. The number of hydrogen-bond acceptors (Lipinski definition) is 4. The van der Waals surface area contributed by atoms with Crippen LogP contribution in [0.15, 0.2) is 42.5 Å². The van der Waals surface area contributed by atoms with E-state index in [9.17, 15) is 13.2 Å². The molecule has 0 bridgehead atoms. The second kappa shape index (κ2) is 11.0. The van der Waals surface area contributed by atoms with Crippen molar-refractivity contribution in [2.45, 2.75) is 52.6 Å². The summed E-state index contributed by atoms with van der Waals surface area (Å²) in [6, 6.07) is 13.9. The van der Waals surface area contributed by atoms with Crippen LogP contribution in [0.3, 0.4) is 0 Å². The Kier molecular flexibility index (Phi) is 8.32. The molecule has 0 aromatic heterocycles. The molecule has 0 unspecified atom stereocenters. The highest BCUT2D eigenvalue weighted by molar-refractivity contribution is 7.92. The van der Waals surface area contributed by atoms with Gasteiger partial charge in [-0.15, -0.1) is 0 Å². The summed E-state index contributed by atoms with van der Waals surface area (Å²) < 4.78 is 26.2. The molecule has 1 amide bonds. The minimum absolute atomic E-state index is 0.0598. The smallest absolute Gasteiger partial charge is 0.232 e. The number of likely N-dealkylation sites (tertiary alicyclic amines) is 1. The molecule has 2 aromatic carbocycles. The fourth-order valence-electron chi connectivity index (χ4n) is 4.20.